The second-order valence-electron chi connectivity index (χ2n) is 5.61. The smallest absolute Gasteiger partial charge is 0.240 e. The van der Waals surface area contributed by atoms with Gasteiger partial charge in [0.15, 0.2) is 11.5 Å². The Balaban J connectivity index is 1.68. The van der Waals surface area contributed by atoms with E-state index in [2.05, 4.69) is 5.10 Å². The third kappa shape index (κ3) is 2.44. The van der Waals surface area contributed by atoms with Crippen LogP contribution in [-0.2, 0) is 4.79 Å². The second-order valence-corrected chi connectivity index (χ2v) is 5.61. The summed E-state index contributed by atoms with van der Waals surface area (Å²) in [6.07, 6.45) is 0.684. The van der Waals surface area contributed by atoms with E-state index in [9.17, 15) is 4.79 Å². The van der Waals surface area contributed by atoms with Gasteiger partial charge in [-0.1, -0.05) is 30.3 Å². The largest absolute Gasteiger partial charge is 0.454 e. The molecule has 2 aliphatic rings. The molecule has 0 aromatic heterocycles. The Morgan fingerprint density at radius 1 is 1.13 bits per heavy atom. The molecule has 1 atom stereocenters. The molecule has 23 heavy (non-hydrogen) atoms. The number of ether oxygens (including phenoxy) is 2. The first-order chi connectivity index (χ1) is 11.2. The van der Waals surface area contributed by atoms with E-state index in [1.54, 1.807) is 11.9 Å². The summed E-state index contributed by atoms with van der Waals surface area (Å²) in [5.41, 5.74) is 2.92. The predicted octanol–water partition coefficient (Wildman–Crippen LogP) is 3.11. The molecule has 0 fully saturated rings. The second kappa shape index (κ2) is 5.43. The average molecular weight is 308 g/mol. The lowest BCUT2D eigenvalue weighted by Crippen LogP contribution is -2.24. The normalized spacial score (nSPS) is 18.9. The number of benzene rings is 2. The van der Waals surface area contributed by atoms with Crippen molar-refractivity contribution in [2.45, 2.75) is 19.4 Å². The van der Waals surface area contributed by atoms with Crippen LogP contribution in [0.15, 0.2) is 53.6 Å². The fourth-order valence-electron chi connectivity index (χ4n) is 2.99. The SMILES string of the molecule is CC(=O)N1N=C(c2ccc3c(c2)OCO3)CC1c1ccccc1. The number of hydrazone groups is 1. The molecule has 0 saturated carbocycles. The van der Waals surface area contributed by atoms with Crippen LogP contribution in [-0.4, -0.2) is 23.4 Å². The van der Waals surface area contributed by atoms with Crippen LogP contribution in [0.3, 0.4) is 0 Å². The molecule has 2 aliphatic heterocycles. The molecule has 0 N–H and O–H groups in total. The van der Waals surface area contributed by atoms with Gasteiger partial charge in [-0.3, -0.25) is 4.79 Å². The lowest BCUT2D eigenvalue weighted by molar-refractivity contribution is -0.130. The summed E-state index contributed by atoms with van der Waals surface area (Å²) in [5.74, 6) is 1.41. The van der Waals surface area contributed by atoms with E-state index in [0.29, 0.717) is 6.42 Å². The van der Waals surface area contributed by atoms with Crippen molar-refractivity contribution in [1.82, 2.24) is 5.01 Å². The summed E-state index contributed by atoms with van der Waals surface area (Å²) >= 11 is 0. The van der Waals surface area contributed by atoms with E-state index in [0.717, 1.165) is 28.3 Å². The lowest BCUT2D eigenvalue weighted by atomic mass is 9.98. The van der Waals surface area contributed by atoms with Crippen molar-refractivity contribution in [3.8, 4) is 11.5 Å². The van der Waals surface area contributed by atoms with Crippen LogP contribution in [0.4, 0.5) is 0 Å². The van der Waals surface area contributed by atoms with Gasteiger partial charge in [0.1, 0.15) is 0 Å². The fraction of sp³-hybridized carbons (Fsp3) is 0.222. The zero-order valence-corrected chi connectivity index (χ0v) is 12.7. The van der Waals surface area contributed by atoms with Gasteiger partial charge in [0.2, 0.25) is 12.7 Å². The van der Waals surface area contributed by atoms with Crippen LogP contribution in [0, 0.1) is 0 Å². The number of hydrogen-bond acceptors (Lipinski definition) is 4. The number of nitrogens with zero attached hydrogens (tertiary/aromatic N) is 2. The van der Waals surface area contributed by atoms with Crippen molar-refractivity contribution >= 4 is 11.6 Å². The number of fused-ring (bicyclic) bond motifs is 1. The molecular weight excluding hydrogens is 292 g/mol. The minimum atomic E-state index is -0.0610. The van der Waals surface area contributed by atoms with Crippen LogP contribution >= 0.6 is 0 Å². The van der Waals surface area contributed by atoms with Crippen molar-refractivity contribution in [3.63, 3.8) is 0 Å². The van der Waals surface area contributed by atoms with Crippen molar-refractivity contribution in [2.24, 2.45) is 5.10 Å². The van der Waals surface area contributed by atoms with Gasteiger partial charge in [-0.15, -0.1) is 0 Å². The van der Waals surface area contributed by atoms with Gasteiger partial charge in [-0.2, -0.15) is 5.10 Å². The maximum atomic E-state index is 12.0. The van der Waals surface area contributed by atoms with Gasteiger partial charge in [0.05, 0.1) is 11.8 Å². The van der Waals surface area contributed by atoms with Gasteiger partial charge in [-0.25, -0.2) is 5.01 Å². The maximum absolute atomic E-state index is 12.0. The molecule has 0 bridgehead atoms. The molecule has 0 radical (unpaired) electrons. The van der Waals surface area contributed by atoms with Crippen LogP contribution in [0.2, 0.25) is 0 Å². The minimum absolute atomic E-state index is 0.0606. The van der Waals surface area contributed by atoms with Crippen LogP contribution in [0.25, 0.3) is 0 Å². The summed E-state index contributed by atoms with van der Waals surface area (Å²) in [6.45, 7) is 1.79. The van der Waals surface area contributed by atoms with Crippen LogP contribution < -0.4 is 9.47 Å². The first kappa shape index (κ1) is 13.8. The Labute approximate surface area is 134 Å². The Kier molecular flexibility index (Phi) is 3.26. The minimum Gasteiger partial charge on any atom is -0.454 e. The zero-order valence-electron chi connectivity index (χ0n) is 12.7. The highest BCUT2D eigenvalue weighted by molar-refractivity contribution is 6.03. The van der Waals surface area contributed by atoms with Crippen molar-refractivity contribution < 1.29 is 14.3 Å². The van der Waals surface area contributed by atoms with Crippen LogP contribution in [0.5, 0.6) is 11.5 Å². The van der Waals surface area contributed by atoms with Crippen LogP contribution in [0.1, 0.15) is 30.5 Å². The maximum Gasteiger partial charge on any atom is 0.240 e. The van der Waals surface area contributed by atoms with Gasteiger partial charge in [0.25, 0.3) is 0 Å². The first-order valence-corrected chi connectivity index (χ1v) is 7.54. The highest BCUT2D eigenvalue weighted by atomic mass is 16.7. The van der Waals surface area contributed by atoms with Crippen molar-refractivity contribution in [1.29, 1.82) is 0 Å². The Hall–Kier alpha value is -2.82. The molecule has 0 aliphatic carbocycles. The standard InChI is InChI=1S/C18H16N2O3/c1-12(21)20-16(13-5-3-2-4-6-13)10-15(19-20)14-7-8-17-18(9-14)23-11-22-17/h2-9,16H,10-11H2,1H3. The molecule has 0 spiro atoms. The molecule has 2 heterocycles. The quantitative estimate of drug-likeness (QED) is 0.856. The zero-order chi connectivity index (χ0) is 15.8. The number of carbonyl (C=O) groups is 1. The topological polar surface area (TPSA) is 51.1 Å². The number of amides is 1. The van der Waals surface area contributed by atoms with Crippen molar-refractivity contribution in [3.05, 3.63) is 59.7 Å². The van der Waals surface area contributed by atoms with E-state index in [4.69, 9.17) is 9.47 Å². The van der Waals surface area contributed by atoms with Crippen molar-refractivity contribution in [2.75, 3.05) is 6.79 Å². The molecule has 0 saturated heterocycles. The molecule has 2 aromatic rings. The van der Waals surface area contributed by atoms with Gasteiger partial charge >= 0.3 is 0 Å². The highest BCUT2D eigenvalue weighted by Gasteiger charge is 2.31. The summed E-state index contributed by atoms with van der Waals surface area (Å²) in [4.78, 5) is 12.0. The van der Waals surface area contributed by atoms with E-state index >= 15 is 0 Å². The van der Waals surface area contributed by atoms with E-state index in [-0.39, 0.29) is 18.7 Å². The summed E-state index contributed by atoms with van der Waals surface area (Å²) in [6, 6.07) is 15.7. The van der Waals surface area contributed by atoms with E-state index in [1.165, 1.54) is 0 Å². The summed E-state index contributed by atoms with van der Waals surface area (Å²) < 4.78 is 10.8. The lowest BCUT2D eigenvalue weighted by Gasteiger charge is -2.20. The molecule has 116 valence electrons. The number of carbonyl (C=O) groups excluding carboxylic acids is 1. The van der Waals surface area contributed by atoms with Gasteiger partial charge < -0.3 is 9.47 Å². The Morgan fingerprint density at radius 2 is 1.91 bits per heavy atom. The Bertz CT molecular complexity index is 786. The number of rotatable bonds is 2. The molecule has 2 aromatic carbocycles. The summed E-state index contributed by atoms with van der Waals surface area (Å²) in [5, 5.41) is 6.11. The average Bonchev–Trinajstić information content (AvgIpc) is 3.22. The third-order valence-corrected chi connectivity index (χ3v) is 4.12. The molecular formula is C18H16N2O3. The Morgan fingerprint density at radius 3 is 2.70 bits per heavy atom. The predicted molar refractivity (Wildman–Crippen MR) is 85.4 cm³/mol. The fourth-order valence-corrected chi connectivity index (χ4v) is 2.99. The van der Waals surface area contributed by atoms with Gasteiger partial charge in [0, 0.05) is 18.9 Å². The molecule has 5 nitrogen and oxygen atoms in total. The molecule has 1 amide bonds. The highest BCUT2D eigenvalue weighted by Crippen LogP contribution is 2.36. The summed E-state index contributed by atoms with van der Waals surface area (Å²) in [7, 11) is 0. The van der Waals surface area contributed by atoms with Gasteiger partial charge in [-0.05, 0) is 23.8 Å². The third-order valence-electron chi connectivity index (χ3n) is 4.12. The molecule has 4 rings (SSSR count). The van der Waals surface area contributed by atoms with E-state index in [1.807, 2.05) is 48.5 Å². The first-order valence-electron chi connectivity index (χ1n) is 7.54. The molecule has 1 unspecified atom stereocenters. The van der Waals surface area contributed by atoms with E-state index < -0.39 is 0 Å². The monoisotopic (exact) mass is 308 g/mol. The number of hydrogen-bond donors (Lipinski definition) is 0. The molecule has 5 heteroatoms.